The lowest BCUT2D eigenvalue weighted by Gasteiger charge is -2.08. The number of aromatic nitrogens is 1. The quantitative estimate of drug-likeness (QED) is 0.859. The van der Waals surface area contributed by atoms with Gasteiger partial charge in [-0.25, -0.2) is 13.1 Å². The van der Waals surface area contributed by atoms with Crippen LogP contribution >= 0.6 is 0 Å². The molecule has 1 aromatic rings. The molecule has 0 saturated carbocycles. The average molecular weight is 288 g/mol. The number of nitrogens with one attached hydrogen (secondary N) is 1. The van der Waals surface area contributed by atoms with Crippen LogP contribution in [0.3, 0.4) is 0 Å². The highest BCUT2D eigenvalue weighted by Crippen LogP contribution is 2.14. The molecule has 1 rings (SSSR count). The fourth-order valence-electron chi connectivity index (χ4n) is 1.58. The third-order valence-electron chi connectivity index (χ3n) is 2.71. The fourth-order valence-corrected chi connectivity index (χ4v) is 2.85. The topological polar surface area (TPSA) is 89.3 Å². The first kappa shape index (κ1) is 15.7. The molecular formula is C12H20N2O4S. The first-order chi connectivity index (χ1) is 8.76. The summed E-state index contributed by atoms with van der Waals surface area (Å²) in [6.07, 6.45) is 1.01. The van der Waals surface area contributed by atoms with Gasteiger partial charge in [0.15, 0.2) is 0 Å². The molecule has 0 fully saturated rings. The summed E-state index contributed by atoms with van der Waals surface area (Å²) in [5.41, 5.74) is 0.685. The van der Waals surface area contributed by atoms with Crippen molar-refractivity contribution in [1.82, 2.24) is 9.88 Å². The van der Waals surface area contributed by atoms with Gasteiger partial charge in [-0.1, -0.05) is 25.9 Å². The summed E-state index contributed by atoms with van der Waals surface area (Å²) in [6.45, 7) is 7.26. The largest absolute Gasteiger partial charge is 0.361 e. The highest BCUT2D eigenvalue weighted by atomic mass is 32.2. The summed E-state index contributed by atoms with van der Waals surface area (Å²) >= 11 is 0. The summed E-state index contributed by atoms with van der Waals surface area (Å²) in [5.74, 6) is -0.148. The summed E-state index contributed by atoms with van der Waals surface area (Å²) < 4.78 is 30.5. The zero-order valence-electron chi connectivity index (χ0n) is 11.7. The zero-order chi connectivity index (χ0) is 14.6. The van der Waals surface area contributed by atoms with Gasteiger partial charge in [0, 0.05) is 0 Å². The van der Waals surface area contributed by atoms with Gasteiger partial charge in [0.25, 0.3) is 5.91 Å². The van der Waals surface area contributed by atoms with E-state index < -0.39 is 15.9 Å². The number of hydrogen-bond acceptors (Lipinski definition) is 5. The molecule has 1 aromatic heterocycles. The molecule has 7 heteroatoms. The van der Waals surface area contributed by atoms with Crippen LogP contribution in [0.5, 0.6) is 0 Å². The Kier molecular flexibility index (Phi) is 5.11. The van der Waals surface area contributed by atoms with Gasteiger partial charge in [0.2, 0.25) is 10.0 Å². The second kappa shape index (κ2) is 6.18. The zero-order valence-corrected chi connectivity index (χ0v) is 12.5. The molecule has 6 nitrogen and oxygen atoms in total. The summed E-state index contributed by atoms with van der Waals surface area (Å²) in [7, 11) is -3.61. The van der Waals surface area contributed by atoms with Crippen LogP contribution in [0, 0.1) is 12.8 Å². The summed E-state index contributed by atoms with van der Waals surface area (Å²) in [4.78, 5) is 12.0. The van der Waals surface area contributed by atoms with Gasteiger partial charge in [0.1, 0.15) is 11.3 Å². The molecule has 0 radical (unpaired) electrons. The molecule has 1 heterocycles. The molecule has 108 valence electrons. The van der Waals surface area contributed by atoms with Crippen LogP contribution in [0.2, 0.25) is 0 Å². The lowest BCUT2D eigenvalue weighted by atomic mass is 10.1. The first-order valence-electron chi connectivity index (χ1n) is 6.26. The molecule has 0 aliphatic heterocycles. The van der Waals surface area contributed by atoms with Crippen molar-refractivity contribution in [2.45, 2.75) is 40.5 Å². The minimum Gasteiger partial charge on any atom is -0.361 e. The van der Waals surface area contributed by atoms with Crippen LogP contribution in [-0.4, -0.2) is 25.2 Å². The Balaban J connectivity index is 2.82. The first-order valence-corrected chi connectivity index (χ1v) is 7.92. The maximum atomic E-state index is 12.0. The van der Waals surface area contributed by atoms with Crippen molar-refractivity contribution in [1.29, 1.82) is 0 Å². The maximum absolute atomic E-state index is 12.0. The van der Waals surface area contributed by atoms with Crippen molar-refractivity contribution in [3.05, 3.63) is 17.0 Å². The smallest absolute Gasteiger partial charge is 0.270 e. The van der Waals surface area contributed by atoms with E-state index in [1.165, 1.54) is 0 Å². The second-order valence-electron chi connectivity index (χ2n) is 4.85. The van der Waals surface area contributed by atoms with E-state index >= 15 is 0 Å². The Hall–Kier alpha value is -1.37. The average Bonchev–Trinajstić information content (AvgIpc) is 2.67. The van der Waals surface area contributed by atoms with Crippen molar-refractivity contribution in [3.8, 4) is 0 Å². The minimum absolute atomic E-state index is 0.0673. The molecule has 0 bridgehead atoms. The third kappa shape index (κ3) is 4.34. The lowest BCUT2D eigenvalue weighted by molar-refractivity contribution is 0.0979. The molecule has 1 amide bonds. The number of amides is 1. The van der Waals surface area contributed by atoms with Gasteiger partial charge in [-0.05, 0) is 25.7 Å². The SMILES string of the molecule is CCc1noc(C)c1C(=O)NS(=O)(=O)CCC(C)C. The number of carbonyl (C=O) groups is 1. The van der Waals surface area contributed by atoms with Crippen molar-refractivity contribution in [2.24, 2.45) is 5.92 Å². The number of carbonyl (C=O) groups excluding carboxylic acids is 1. The number of nitrogens with zero attached hydrogens (tertiary/aromatic N) is 1. The Morgan fingerprint density at radius 3 is 2.58 bits per heavy atom. The highest BCUT2D eigenvalue weighted by molar-refractivity contribution is 7.90. The van der Waals surface area contributed by atoms with E-state index in [2.05, 4.69) is 9.88 Å². The molecule has 1 N–H and O–H groups in total. The molecule has 0 aromatic carbocycles. The van der Waals surface area contributed by atoms with Crippen molar-refractivity contribution >= 4 is 15.9 Å². The van der Waals surface area contributed by atoms with Crippen molar-refractivity contribution in [3.63, 3.8) is 0 Å². The minimum atomic E-state index is -3.61. The van der Waals surface area contributed by atoms with Crippen LogP contribution in [0.4, 0.5) is 0 Å². The second-order valence-corrected chi connectivity index (χ2v) is 6.69. The number of rotatable bonds is 6. The van der Waals surface area contributed by atoms with Gasteiger partial charge >= 0.3 is 0 Å². The van der Waals surface area contributed by atoms with E-state index in [9.17, 15) is 13.2 Å². The molecule has 0 spiro atoms. The van der Waals surface area contributed by atoms with E-state index in [-0.39, 0.29) is 17.2 Å². The number of hydrogen-bond donors (Lipinski definition) is 1. The van der Waals surface area contributed by atoms with E-state index in [1.54, 1.807) is 6.92 Å². The van der Waals surface area contributed by atoms with Crippen LogP contribution in [0.1, 0.15) is 49.0 Å². The molecule has 0 atom stereocenters. The van der Waals surface area contributed by atoms with Crippen LogP contribution in [0.15, 0.2) is 4.52 Å². The molecule has 0 unspecified atom stereocenters. The summed E-state index contributed by atoms with van der Waals surface area (Å²) in [6, 6.07) is 0. The number of aryl methyl sites for hydroxylation is 2. The molecule has 0 aliphatic carbocycles. The Bertz CT molecular complexity index is 546. The fraction of sp³-hybridized carbons (Fsp3) is 0.667. The highest BCUT2D eigenvalue weighted by Gasteiger charge is 2.23. The Morgan fingerprint density at radius 2 is 2.05 bits per heavy atom. The predicted molar refractivity (Wildman–Crippen MR) is 71.3 cm³/mol. The van der Waals surface area contributed by atoms with E-state index in [4.69, 9.17) is 4.52 Å². The lowest BCUT2D eigenvalue weighted by Crippen LogP contribution is -2.33. The molecule has 0 saturated heterocycles. The van der Waals surface area contributed by atoms with Crippen molar-refractivity contribution < 1.29 is 17.7 Å². The normalized spacial score (nSPS) is 11.8. The monoisotopic (exact) mass is 288 g/mol. The third-order valence-corrected chi connectivity index (χ3v) is 3.98. The molecule has 0 aliphatic rings. The van der Waals surface area contributed by atoms with E-state index in [0.29, 0.717) is 24.3 Å². The Labute approximate surface area is 113 Å². The predicted octanol–water partition coefficient (Wildman–Crippen LogP) is 1.65. The standard InChI is InChI=1S/C12H20N2O4S/c1-5-10-11(9(4)18-13-10)12(15)14-19(16,17)7-6-8(2)3/h8H,5-7H2,1-4H3,(H,14,15). The number of sulfonamides is 1. The molecule has 19 heavy (non-hydrogen) atoms. The van der Waals surface area contributed by atoms with Crippen molar-refractivity contribution in [2.75, 3.05) is 5.75 Å². The van der Waals surface area contributed by atoms with Gasteiger partial charge in [-0.2, -0.15) is 0 Å². The van der Waals surface area contributed by atoms with Gasteiger partial charge < -0.3 is 4.52 Å². The van der Waals surface area contributed by atoms with Crippen LogP contribution in [0.25, 0.3) is 0 Å². The van der Waals surface area contributed by atoms with Crippen LogP contribution in [-0.2, 0) is 16.4 Å². The summed E-state index contributed by atoms with van der Waals surface area (Å²) in [5, 5.41) is 3.73. The van der Waals surface area contributed by atoms with Gasteiger partial charge in [-0.3, -0.25) is 4.79 Å². The maximum Gasteiger partial charge on any atom is 0.270 e. The molecular weight excluding hydrogens is 268 g/mol. The van der Waals surface area contributed by atoms with E-state index in [1.807, 2.05) is 20.8 Å². The Morgan fingerprint density at radius 1 is 1.42 bits per heavy atom. The van der Waals surface area contributed by atoms with Crippen LogP contribution < -0.4 is 4.72 Å². The van der Waals surface area contributed by atoms with E-state index in [0.717, 1.165) is 0 Å². The van der Waals surface area contributed by atoms with Gasteiger partial charge in [-0.15, -0.1) is 0 Å². The van der Waals surface area contributed by atoms with Gasteiger partial charge in [0.05, 0.1) is 11.4 Å².